The van der Waals surface area contributed by atoms with E-state index in [0.717, 1.165) is 4.90 Å². The standard InChI is InChI=1S/C9H8Cl2O2S/c1-13-9(12)8-6(10)3-5(14-2)4-7(8)11/h3-4H,1-2H3. The molecule has 0 amide bonds. The van der Waals surface area contributed by atoms with Crippen molar-refractivity contribution in [2.45, 2.75) is 4.90 Å². The van der Waals surface area contributed by atoms with Crippen molar-refractivity contribution in [3.63, 3.8) is 0 Å². The van der Waals surface area contributed by atoms with Gasteiger partial charge in [-0.05, 0) is 18.4 Å². The number of rotatable bonds is 2. The molecule has 0 aliphatic rings. The molecule has 0 atom stereocenters. The van der Waals surface area contributed by atoms with Gasteiger partial charge in [0.2, 0.25) is 0 Å². The molecule has 0 heterocycles. The smallest absolute Gasteiger partial charge is 0.340 e. The minimum absolute atomic E-state index is 0.216. The van der Waals surface area contributed by atoms with E-state index in [1.54, 1.807) is 12.1 Å². The number of thioether (sulfide) groups is 1. The van der Waals surface area contributed by atoms with Gasteiger partial charge in [0, 0.05) is 4.90 Å². The first-order chi connectivity index (χ1) is 6.60. The Morgan fingerprint density at radius 2 is 1.86 bits per heavy atom. The van der Waals surface area contributed by atoms with E-state index < -0.39 is 5.97 Å². The second-order valence-corrected chi connectivity index (χ2v) is 4.15. The zero-order valence-corrected chi connectivity index (χ0v) is 9.96. The van der Waals surface area contributed by atoms with Gasteiger partial charge in [-0.1, -0.05) is 23.2 Å². The third-order valence-corrected chi connectivity index (χ3v) is 2.94. The number of benzene rings is 1. The average molecular weight is 251 g/mol. The zero-order chi connectivity index (χ0) is 10.7. The summed E-state index contributed by atoms with van der Waals surface area (Å²) < 4.78 is 4.56. The molecule has 1 aromatic carbocycles. The second kappa shape index (κ2) is 4.91. The minimum atomic E-state index is -0.521. The molecule has 1 rings (SSSR count). The molecule has 5 heteroatoms. The van der Waals surface area contributed by atoms with Crippen molar-refractivity contribution in [1.29, 1.82) is 0 Å². The van der Waals surface area contributed by atoms with Crippen LogP contribution in [-0.2, 0) is 4.74 Å². The van der Waals surface area contributed by atoms with E-state index in [0.29, 0.717) is 10.0 Å². The predicted molar refractivity (Wildman–Crippen MR) is 59.6 cm³/mol. The Hall–Kier alpha value is -0.380. The van der Waals surface area contributed by atoms with E-state index in [1.807, 2.05) is 6.26 Å². The van der Waals surface area contributed by atoms with Crippen LogP contribution < -0.4 is 0 Å². The summed E-state index contributed by atoms with van der Waals surface area (Å²) in [5.74, 6) is -0.521. The molecule has 0 aliphatic heterocycles. The maximum atomic E-state index is 11.3. The maximum Gasteiger partial charge on any atom is 0.340 e. The Morgan fingerprint density at radius 1 is 1.36 bits per heavy atom. The van der Waals surface area contributed by atoms with Crippen LogP contribution >= 0.6 is 35.0 Å². The number of halogens is 2. The molecule has 0 spiro atoms. The van der Waals surface area contributed by atoms with Gasteiger partial charge in [-0.3, -0.25) is 0 Å². The van der Waals surface area contributed by atoms with E-state index in [9.17, 15) is 4.79 Å². The van der Waals surface area contributed by atoms with Crippen molar-refractivity contribution < 1.29 is 9.53 Å². The fourth-order valence-electron chi connectivity index (χ4n) is 0.965. The van der Waals surface area contributed by atoms with Crippen molar-refractivity contribution in [3.05, 3.63) is 27.7 Å². The number of carbonyl (C=O) groups is 1. The van der Waals surface area contributed by atoms with Crippen molar-refractivity contribution >= 4 is 40.9 Å². The van der Waals surface area contributed by atoms with Gasteiger partial charge in [0.15, 0.2) is 0 Å². The van der Waals surface area contributed by atoms with E-state index in [1.165, 1.54) is 18.9 Å². The first-order valence-corrected chi connectivity index (χ1v) is 5.69. The van der Waals surface area contributed by atoms with E-state index in [-0.39, 0.29) is 5.56 Å². The molecule has 0 radical (unpaired) electrons. The number of hydrogen-bond acceptors (Lipinski definition) is 3. The first-order valence-electron chi connectivity index (χ1n) is 3.71. The van der Waals surface area contributed by atoms with Crippen LogP contribution in [0.3, 0.4) is 0 Å². The third-order valence-electron chi connectivity index (χ3n) is 1.64. The average Bonchev–Trinajstić information content (AvgIpc) is 2.16. The van der Waals surface area contributed by atoms with Crippen molar-refractivity contribution in [2.75, 3.05) is 13.4 Å². The van der Waals surface area contributed by atoms with Crippen LogP contribution in [0.15, 0.2) is 17.0 Å². The summed E-state index contributed by atoms with van der Waals surface area (Å²) in [4.78, 5) is 12.2. The SMILES string of the molecule is COC(=O)c1c(Cl)cc(SC)cc1Cl. The molecule has 0 aromatic heterocycles. The summed E-state index contributed by atoms with van der Waals surface area (Å²) in [6, 6.07) is 3.37. The molecule has 2 nitrogen and oxygen atoms in total. The van der Waals surface area contributed by atoms with Crippen molar-refractivity contribution in [3.8, 4) is 0 Å². The molecule has 0 fully saturated rings. The number of hydrogen-bond donors (Lipinski definition) is 0. The summed E-state index contributed by atoms with van der Waals surface area (Å²) in [6.07, 6.45) is 1.90. The Bertz CT molecular complexity index is 343. The third kappa shape index (κ3) is 2.35. The first kappa shape index (κ1) is 11.7. The van der Waals surface area contributed by atoms with Gasteiger partial charge in [0.05, 0.1) is 22.7 Å². The Kier molecular flexibility index (Phi) is 4.11. The highest BCUT2D eigenvalue weighted by molar-refractivity contribution is 7.98. The van der Waals surface area contributed by atoms with Crippen LogP contribution in [0.25, 0.3) is 0 Å². The van der Waals surface area contributed by atoms with Gasteiger partial charge in [-0.25, -0.2) is 4.79 Å². The van der Waals surface area contributed by atoms with Gasteiger partial charge < -0.3 is 4.74 Å². The topological polar surface area (TPSA) is 26.3 Å². The maximum absolute atomic E-state index is 11.3. The fourth-order valence-corrected chi connectivity index (χ4v) is 2.21. The summed E-state index contributed by atoms with van der Waals surface area (Å²) in [6.45, 7) is 0. The lowest BCUT2D eigenvalue weighted by atomic mass is 10.2. The van der Waals surface area contributed by atoms with Crippen molar-refractivity contribution in [2.24, 2.45) is 0 Å². The molecule has 0 aliphatic carbocycles. The highest BCUT2D eigenvalue weighted by Crippen LogP contribution is 2.30. The molecule has 76 valence electrons. The monoisotopic (exact) mass is 250 g/mol. The molecule has 0 saturated heterocycles. The Morgan fingerprint density at radius 3 is 2.21 bits per heavy atom. The summed E-state index contributed by atoms with van der Waals surface area (Å²) >= 11 is 13.3. The van der Waals surface area contributed by atoms with Crippen LogP contribution in [0.4, 0.5) is 0 Å². The van der Waals surface area contributed by atoms with Crippen LogP contribution in [-0.4, -0.2) is 19.3 Å². The zero-order valence-electron chi connectivity index (χ0n) is 7.64. The van der Waals surface area contributed by atoms with E-state index >= 15 is 0 Å². The molecule has 1 aromatic rings. The van der Waals surface area contributed by atoms with Crippen LogP contribution in [0.1, 0.15) is 10.4 Å². The van der Waals surface area contributed by atoms with Gasteiger partial charge in [0.1, 0.15) is 0 Å². The number of ether oxygens (including phenoxy) is 1. The molecule has 0 saturated carbocycles. The lowest BCUT2D eigenvalue weighted by Gasteiger charge is -2.06. The molecule has 0 bridgehead atoms. The lowest BCUT2D eigenvalue weighted by molar-refractivity contribution is 0.0601. The summed E-state index contributed by atoms with van der Waals surface area (Å²) in [5.41, 5.74) is 0.216. The van der Waals surface area contributed by atoms with E-state index in [4.69, 9.17) is 23.2 Å². The van der Waals surface area contributed by atoms with Crippen molar-refractivity contribution in [1.82, 2.24) is 0 Å². The van der Waals surface area contributed by atoms with Gasteiger partial charge in [-0.15, -0.1) is 11.8 Å². The predicted octanol–water partition coefficient (Wildman–Crippen LogP) is 3.50. The quantitative estimate of drug-likeness (QED) is 0.594. The number of carbonyl (C=O) groups excluding carboxylic acids is 1. The highest BCUT2D eigenvalue weighted by Gasteiger charge is 2.16. The molecule has 0 unspecified atom stereocenters. The Labute approximate surface area is 96.5 Å². The second-order valence-electron chi connectivity index (χ2n) is 2.46. The highest BCUT2D eigenvalue weighted by atomic mass is 35.5. The van der Waals surface area contributed by atoms with Crippen LogP contribution in [0.5, 0.6) is 0 Å². The normalized spacial score (nSPS) is 10.0. The largest absolute Gasteiger partial charge is 0.465 e. The van der Waals surface area contributed by atoms with Gasteiger partial charge in [-0.2, -0.15) is 0 Å². The molecular formula is C9H8Cl2O2S. The molecular weight excluding hydrogens is 243 g/mol. The van der Waals surface area contributed by atoms with Crippen LogP contribution in [0, 0.1) is 0 Å². The molecule has 0 N–H and O–H groups in total. The summed E-state index contributed by atoms with van der Waals surface area (Å²) in [5, 5.41) is 0.627. The van der Waals surface area contributed by atoms with Gasteiger partial charge >= 0.3 is 5.97 Å². The summed E-state index contributed by atoms with van der Waals surface area (Å²) in [7, 11) is 1.29. The Balaban J connectivity index is 3.25. The van der Waals surface area contributed by atoms with Crippen LogP contribution in [0.2, 0.25) is 10.0 Å². The fraction of sp³-hybridized carbons (Fsp3) is 0.222. The lowest BCUT2D eigenvalue weighted by Crippen LogP contribution is -2.03. The van der Waals surface area contributed by atoms with E-state index in [2.05, 4.69) is 4.74 Å². The number of methoxy groups -OCH3 is 1. The number of esters is 1. The molecule has 14 heavy (non-hydrogen) atoms. The minimum Gasteiger partial charge on any atom is -0.465 e. The van der Waals surface area contributed by atoms with Gasteiger partial charge in [0.25, 0.3) is 0 Å².